The number of rotatable bonds is 3. The Morgan fingerprint density at radius 1 is 1.33 bits per heavy atom. The molecule has 0 spiro atoms. The molecule has 15 heavy (non-hydrogen) atoms. The van der Waals surface area contributed by atoms with Crippen LogP contribution < -0.4 is 5.32 Å². The standard InChI is InChI=1S/C12H19N3/c1-2-9(8-13-5-1)6-11-7-12(15-14-11)10-3-4-10/h7,9-10,13H,1-6,8H2,(H,14,15). The maximum Gasteiger partial charge on any atom is 0.0655 e. The van der Waals surface area contributed by atoms with E-state index in [-0.39, 0.29) is 0 Å². The Bertz CT molecular complexity index is 321. The number of aromatic nitrogens is 2. The van der Waals surface area contributed by atoms with Crippen LogP contribution >= 0.6 is 0 Å². The predicted octanol–water partition coefficient (Wildman–Crippen LogP) is 1.83. The van der Waals surface area contributed by atoms with Crippen molar-refractivity contribution in [3.63, 3.8) is 0 Å². The molecule has 1 aromatic rings. The summed E-state index contributed by atoms with van der Waals surface area (Å²) in [6.07, 6.45) is 6.55. The molecular weight excluding hydrogens is 186 g/mol. The van der Waals surface area contributed by atoms with Crippen LogP contribution in [0.2, 0.25) is 0 Å². The second-order valence-corrected chi connectivity index (χ2v) is 5.01. The van der Waals surface area contributed by atoms with E-state index in [0.717, 1.165) is 11.8 Å². The van der Waals surface area contributed by atoms with Gasteiger partial charge in [0.05, 0.1) is 5.69 Å². The molecule has 3 heteroatoms. The van der Waals surface area contributed by atoms with Crippen molar-refractivity contribution >= 4 is 0 Å². The minimum absolute atomic E-state index is 0.777. The molecule has 0 bridgehead atoms. The molecular formula is C12H19N3. The molecule has 0 amide bonds. The highest BCUT2D eigenvalue weighted by Crippen LogP contribution is 2.39. The third-order valence-electron chi connectivity index (χ3n) is 3.55. The summed E-state index contributed by atoms with van der Waals surface area (Å²) in [5.41, 5.74) is 2.64. The van der Waals surface area contributed by atoms with Crippen molar-refractivity contribution in [2.45, 2.75) is 38.0 Å². The molecule has 2 fully saturated rings. The van der Waals surface area contributed by atoms with Gasteiger partial charge >= 0.3 is 0 Å². The molecule has 82 valence electrons. The zero-order valence-electron chi connectivity index (χ0n) is 9.13. The maximum absolute atomic E-state index is 4.40. The molecule has 2 N–H and O–H groups in total. The number of hydrogen-bond donors (Lipinski definition) is 2. The van der Waals surface area contributed by atoms with Gasteiger partial charge in [-0.2, -0.15) is 5.10 Å². The van der Waals surface area contributed by atoms with Gasteiger partial charge in [-0.15, -0.1) is 0 Å². The fourth-order valence-electron chi connectivity index (χ4n) is 2.48. The largest absolute Gasteiger partial charge is 0.316 e. The van der Waals surface area contributed by atoms with Gasteiger partial charge < -0.3 is 5.32 Å². The molecule has 0 radical (unpaired) electrons. The zero-order chi connectivity index (χ0) is 10.1. The monoisotopic (exact) mass is 205 g/mol. The first-order valence-corrected chi connectivity index (χ1v) is 6.17. The van der Waals surface area contributed by atoms with Crippen molar-refractivity contribution in [1.82, 2.24) is 15.5 Å². The van der Waals surface area contributed by atoms with Crippen LogP contribution in [0.25, 0.3) is 0 Å². The molecule has 1 aliphatic carbocycles. The minimum Gasteiger partial charge on any atom is -0.316 e. The molecule has 2 aliphatic rings. The molecule has 3 nitrogen and oxygen atoms in total. The number of aromatic amines is 1. The van der Waals surface area contributed by atoms with Crippen molar-refractivity contribution in [2.75, 3.05) is 13.1 Å². The summed E-state index contributed by atoms with van der Waals surface area (Å²) in [4.78, 5) is 0. The first kappa shape index (κ1) is 9.40. The fraction of sp³-hybridized carbons (Fsp3) is 0.750. The Morgan fingerprint density at radius 2 is 2.27 bits per heavy atom. The van der Waals surface area contributed by atoms with Gasteiger partial charge in [0.15, 0.2) is 0 Å². The molecule has 2 heterocycles. The van der Waals surface area contributed by atoms with Crippen LogP contribution in [0, 0.1) is 5.92 Å². The van der Waals surface area contributed by atoms with E-state index in [1.165, 1.54) is 56.6 Å². The summed E-state index contributed by atoms with van der Waals surface area (Å²) in [7, 11) is 0. The van der Waals surface area contributed by atoms with E-state index in [1.54, 1.807) is 0 Å². The second kappa shape index (κ2) is 3.97. The lowest BCUT2D eigenvalue weighted by Crippen LogP contribution is -2.30. The first-order valence-electron chi connectivity index (χ1n) is 6.17. The lowest BCUT2D eigenvalue weighted by atomic mass is 9.94. The highest BCUT2D eigenvalue weighted by atomic mass is 15.1. The van der Waals surface area contributed by atoms with Crippen LogP contribution in [-0.2, 0) is 6.42 Å². The van der Waals surface area contributed by atoms with E-state index < -0.39 is 0 Å². The Kier molecular flexibility index (Phi) is 2.49. The summed E-state index contributed by atoms with van der Waals surface area (Å²) in [5, 5.41) is 11.1. The Labute approximate surface area is 90.7 Å². The molecule has 1 unspecified atom stereocenters. The number of H-pyrrole nitrogens is 1. The Morgan fingerprint density at radius 3 is 3.00 bits per heavy atom. The van der Waals surface area contributed by atoms with Crippen LogP contribution in [0.4, 0.5) is 0 Å². The minimum atomic E-state index is 0.777. The zero-order valence-corrected chi connectivity index (χ0v) is 9.13. The SMILES string of the molecule is c1c(C2CC2)n[nH]c1CC1CCCNC1. The Hall–Kier alpha value is -0.830. The Balaban J connectivity index is 1.60. The second-order valence-electron chi connectivity index (χ2n) is 5.01. The number of hydrogen-bond acceptors (Lipinski definition) is 2. The van der Waals surface area contributed by atoms with Crippen molar-refractivity contribution < 1.29 is 0 Å². The van der Waals surface area contributed by atoms with Gasteiger partial charge in [-0.05, 0) is 57.2 Å². The maximum atomic E-state index is 4.40. The number of piperidine rings is 1. The van der Waals surface area contributed by atoms with Crippen LogP contribution in [0.3, 0.4) is 0 Å². The normalized spacial score (nSPS) is 26.8. The molecule has 1 saturated heterocycles. The molecule has 1 atom stereocenters. The van der Waals surface area contributed by atoms with Gasteiger partial charge in [0.2, 0.25) is 0 Å². The van der Waals surface area contributed by atoms with E-state index in [0.29, 0.717) is 0 Å². The topological polar surface area (TPSA) is 40.7 Å². The van der Waals surface area contributed by atoms with E-state index in [9.17, 15) is 0 Å². The smallest absolute Gasteiger partial charge is 0.0655 e. The lowest BCUT2D eigenvalue weighted by Gasteiger charge is -2.21. The van der Waals surface area contributed by atoms with Gasteiger partial charge in [-0.25, -0.2) is 0 Å². The van der Waals surface area contributed by atoms with Gasteiger partial charge in [0.1, 0.15) is 0 Å². The van der Waals surface area contributed by atoms with Crippen molar-refractivity contribution in [1.29, 1.82) is 0 Å². The highest BCUT2D eigenvalue weighted by molar-refractivity contribution is 5.17. The summed E-state index contributed by atoms with van der Waals surface area (Å²) < 4.78 is 0. The number of nitrogens with one attached hydrogen (secondary N) is 2. The third-order valence-corrected chi connectivity index (χ3v) is 3.55. The van der Waals surface area contributed by atoms with Crippen molar-refractivity contribution in [3.05, 3.63) is 17.5 Å². The van der Waals surface area contributed by atoms with Crippen LogP contribution in [0.1, 0.15) is 43.0 Å². The van der Waals surface area contributed by atoms with Crippen LogP contribution in [0.15, 0.2) is 6.07 Å². The van der Waals surface area contributed by atoms with E-state index in [2.05, 4.69) is 21.6 Å². The van der Waals surface area contributed by atoms with Crippen molar-refractivity contribution in [3.8, 4) is 0 Å². The van der Waals surface area contributed by atoms with Crippen LogP contribution in [0.5, 0.6) is 0 Å². The quantitative estimate of drug-likeness (QED) is 0.790. The van der Waals surface area contributed by atoms with Gasteiger partial charge in [0, 0.05) is 11.6 Å². The van der Waals surface area contributed by atoms with Gasteiger partial charge in [-0.3, -0.25) is 5.10 Å². The average Bonchev–Trinajstić information content (AvgIpc) is 3.02. The summed E-state index contributed by atoms with van der Waals surface area (Å²) >= 11 is 0. The highest BCUT2D eigenvalue weighted by Gasteiger charge is 2.26. The van der Waals surface area contributed by atoms with Gasteiger partial charge in [0.25, 0.3) is 0 Å². The number of nitrogens with zero attached hydrogens (tertiary/aromatic N) is 1. The van der Waals surface area contributed by atoms with E-state index in [4.69, 9.17) is 0 Å². The summed E-state index contributed by atoms with van der Waals surface area (Å²) in [6, 6.07) is 2.28. The molecule has 1 aromatic heterocycles. The van der Waals surface area contributed by atoms with Gasteiger partial charge in [-0.1, -0.05) is 0 Å². The first-order chi connectivity index (χ1) is 7.42. The molecule has 3 rings (SSSR count). The summed E-state index contributed by atoms with van der Waals surface area (Å²) in [6.45, 7) is 2.38. The van der Waals surface area contributed by atoms with E-state index in [1.807, 2.05) is 0 Å². The summed E-state index contributed by atoms with van der Waals surface area (Å²) in [5.74, 6) is 1.59. The average molecular weight is 205 g/mol. The predicted molar refractivity (Wildman–Crippen MR) is 59.9 cm³/mol. The molecule has 1 aliphatic heterocycles. The lowest BCUT2D eigenvalue weighted by molar-refractivity contribution is 0.373. The fourth-order valence-corrected chi connectivity index (χ4v) is 2.48. The van der Waals surface area contributed by atoms with Crippen LogP contribution in [-0.4, -0.2) is 23.3 Å². The van der Waals surface area contributed by atoms with E-state index >= 15 is 0 Å². The molecule has 1 saturated carbocycles. The molecule has 0 aromatic carbocycles. The van der Waals surface area contributed by atoms with Crippen molar-refractivity contribution in [2.24, 2.45) is 5.92 Å². The third kappa shape index (κ3) is 2.23.